The van der Waals surface area contributed by atoms with Crippen molar-refractivity contribution in [2.24, 2.45) is 0 Å². The molecular formula is C25H33N3O3S. The number of aliphatic hydroxyl groups is 1. The molecule has 1 aromatic carbocycles. The van der Waals surface area contributed by atoms with Crippen LogP contribution in [0.4, 0.5) is 0 Å². The average molecular weight is 456 g/mol. The van der Waals surface area contributed by atoms with Crippen molar-refractivity contribution in [3.63, 3.8) is 0 Å². The molecule has 1 aliphatic rings. The molecule has 0 unspecified atom stereocenters. The highest BCUT2D eigenvalue weighted by Gasteiger charge is 2.44. The van der Waals surface area contributed by atoms with Crippen molar-refractivity contribution < 1.29 is 14.7 Å². The number of hydrogen-bond donors (Lipinski definition) is 1. The smallest absolute Gasteiger partial charge is 0.290 e. The van der Waals surface area contributed by atoms with Gasteiger partial charge in [-0.1, -0.05) is 52.0 Å². The van der Waals surface area contributed by atoms with Gasteiger partial charge in [0.25, 0.3) is 5.91 Å². The van der Waals surface area contributed by atoms with Crippen LogP contribution in [-0.4, -0.2) is 57.8 Å². The number of carbonyl (C=O) groups excluding carboxylic acids is 2. The van der Waals surface area contributed by atoms with Gasteiger partial charge in [0, 0.05) is 13.1 Å². The van der Waals surface area contributed by atoms with Gasteiger partial charge in [-0.05, 0) is 44.0 Å². The van der Waals surface area contributed by atoms with E-state index in [0.717, 1.165) is 23.7 Å². The lowest BCUT2D eigenvalue weighted by Crippen LogP contribution is -2.38. The molecule has 1 aliphatic heterocycles. The number of benzene rings is 1. The summed E-state index contributed by atoms with van der Waals surface area (Å²) in [5, 5.41) is 11.6. The monoisotopic (exact) mass is 455 g/mol. The van der Waals surface area contributed by atoms with Crippen molar-refractivity contribution in [3.05, 3.63) is 62.3 Å². The van der Waals surface area contributed by atoms with Crippen LogP contribution in [0.1, 0.15) is 71.2 Å². The second-order valence-electron chi connectivity index (χ2n) is 8.49. The van der Waals surface area contributed by atoms with Crippen molar-refractivity contribution in [2.45, 2.75) is 53.5 Å². The molecule has 0 aliphatic carbocycles. The molecule has 32 heavy (non-hydrogen) atoms. The van der Waals surface area contributed by atoms with Crippen LogP contribution in [0.25, 0.3) is 0 Å². The summed E-state index contributed by atoms with van der Waals surface area (Å²) >= 11 is 1.30. The predicted molar refractivity (Wildman–Crippen MR) is 128 cm³/mol. The highest BCUT2D eigenvalue weighted by Crippen LogP contribution is 2.40. The predicted octanol–water partition coefficient (Wildman–Crippen LogP) is 4.80. The zero-order valence-electron chi connectivity index (χ0n) is 19.8. The van der Waals surface area contributed by atoms with Gasteiger partial charge in [0.15, 0.2) is 5.76 Å². The first kappa shape index (κ1) is 24.1. The number of nitrogens with zero attached hydrogens (tertiary/aromatic N) is 3. The van der Waals surface area contributed by atoms with E-state index in [1.54, 1.807) is 11.8 Å². The zero-order valence-corrected chi connectivity index (χ0v) is 20.6. The fraction of sp³-hybridized carbons (Fsp3) is 0.480. The lowest BCUT2D eigenvalue weighted by Gasteiger charge is -2.29. The van der Waals surface area contributed by atoms with Crippen molar-refractivity contribution in [2.75, 3.05) is 26.2 Å². The second kappa shape index (κ2) is 9.96. The summed E-state index contributed by atoms with van der Waals surface area (Å²) in [6.45, 7) is 14.9. The number of aryl methyl sites for hydroxylation is 2. The Balaban J connectivity index is 2.05. The molecule has 7 heteroatoms. The maximum absolute atomic E-state index is 13.6. The van der Waals surface area contributed by atoms with Crippen LogP contribution in [0.2, 0.25) is 0 Å². The fourth-order valence-electron chi connectivity index (χ4n) is 4.18. The normalized spacial score (nSPS) is 16.7. The molecule has 1 atom stereocenters. The Hall–Kier alpha value is -2.51. The second-order valence-corrected chi connectivity index (χ2v) is 9.69. The summed E-state index contributed by atoms with van der Waals surface area (Å²) in [6, 6.07) is 7.38. The summed E-state index contributed by atoms with van der Waals surface area (Å²) in [7, 11) is 0. The van der Waals surface area contributed by atoms with Crippen LogP contribution in [-0.2, 0) is 4.79 Å². The number of hydrogen-bond acceptors (Lipinski definition) is 6. The number of amides is 1. The van der Waals surface area contributed by atoms with E-state index in [1.807, 2.05) is 31.2 Å². The standard InChI is InChI=1S/C25H33N3O3S/c1-7-27(8-2)13-14-28-21(19-11-9-18(10-12-19)15(3)4)20(23(30)25(28)31)22(29)24-16(5)26-17(6)32-24/h9-12,15,21,30H,7-8,13-14H2,1-6H3/t21-/m0/s1. The summed E-state index contributed by atoms with van der Waals surface area (Å²) < 4.78 is 0. The Bertz CT molecular complexity index is 1020. The Morgan fingerprint density at radius 1 is 1.19 bits per heavy atom. The number of ketones is 1. The van der Waals surface area contributed by atoms with E-state index in [0.29, 0.717) is 29.6 Å². The van der Waals surface area contributed by atoms with E-state index in [-0.39, 0.29) is 11.4 Å². The van der Waals surface area contributed by atoms with E-state index < -0.39 is 17.7 Å². The summed E-state index contributed by atoms with van der Waals surface area (Å²) in [4.78, 5) is 35.4. The fourth-order valence-corrected chi connectivity index (χ4v) is 5.05. The molecular weight excluding hydrogens is 422 g/mol. The molecule has 0 fully saturated rings. The average Bonchev–Trinajstić information content (AvgIpc) is 3.24. The minimum absolute atomic E-state index is 0.151. The Morgan fingerprint density at radius 2 is 1.81 bits per heavy atom. The number of likely N-dealkylation sites (N-methyl/N-ethyl adjacent to an activating group) is 1. The van der Waals surface area contributed by atoms with Gasteiger partial charge < -0.3 is 14.9 Å². The molecule has 1 amide bonds. The molecule has 2 aromatic rings. The Morgan fingerprint density at radius 3 is 2.31 bits per heavy atom. The van der Waals surface area contributed by atoms with Crippen molar-refractivity contribution in [1.29, 1.82) is 0 Å². The molecule has 0 saturated carbocycles. The van der Waals surface area contributed by atoms with Gasteiger partial charge in [0.05, 0.1) is 27.2 Å². The number of aromatic nitrogens is 1. The lowest BCUT2D eigenvalue weighted by atomic mass is 9.93. The van der Waals surface area contributed by atoms with E-state index in [1.165, 1.54) is 16.9 Å². The van der Waals surface area contributed by atoms with E-state index >= 15 is 0 Å². The van der Waals surface area contributed by atoms with Gasteiger partial charge in [0.1, 0.15) is 0 Å². The first-order chi connectivity index (χ1) is 15.2. The zero-order chi connectivity index (χ0) is 23.6. The first-order valence-corrected chi connectivity index (χ1v) is 12.1. The largest absolute Gasteiger partial charge is 0.503 e. The van der Waals surface area contributed by atoms with Crippen molar-refractivity contribution in [3.8, 4) is 0 Å². The molecule has 0 spiro atoms. The number of carbonyl (C=O) groups is 2. The molecule has 0 bridgehead atoms. The lowest BCUT2D eigenvalue weighted by molar-refractivity contribution is -0.129. The highest BCUT2D eigenvalue weighted by molar-refractivity contribution is 7.14. The number of rotatable bonds is 9. The first-order valence-electron chi connectivity index (χ1n) is 11.2. The van der Waals surface area contributed by atoms with Crippen LogP contribution < -0.4 is 0 Å². The minimum atomic E-state index is -0.617. The minimum Gasteiger partial charge on any atom is -0.503 e. The quantitative estimate of drug-likeness (QED) is 0.550. The van der Waals surface area contributed by atoms with Gasteiger partial charge in [-0.2, -0.15) is 0 Å². The van der Waals surface area contributed by atoms with Gasteiger partial charge in [0.2, 0.25) is 5.78 Å². The molecule has 1 aromatic heterocycles. The maximum atomic E-state index is 13.6. The number of aliphatic hydroxyl groups excluding tert-OH is 1. The van der Waals surface area contributed by atoms with Crippen LogP contribution in [0, 0.1) is 13.8 Å². The maximum Gasteiger partial charge on any atom is 0.290 e. The Labute approximate surface area is 194 Å². The molecule has 2 heterocycles. The van der Waals surface area contributed by atoms with E-state index in [2.05, 4.69) is 37.6 Å². The van der Waals surface area contributed by atoms with Gasteiger partial charge in [-0.15, -0.1) is 11.3 Å². The molecule has 172 valence electrons. The summed E-state index contributed by atoms with van der Waals surface area (Å²) in [5.41, 5.74) is 2.79. The number of Topliss-reactive ketones (excluding diaryl/α,β-unsaturated/α-hetero) is 1. The molecule has 6 nitrogen and oxygen atoms in total. The Kier molecular flexibility index (Phi) is 7.51. The van der Waals surface area contributed by atoms with Crippen molar-refractivity contribution >= 4 is 23.0 Å². The van der Waals surface area contributed by atoms with Crippen molar-refractivity contribution in [1.82, 2.24) is 14.8 Å². The van der Waals surface area contributed by atoms with E-state index in [9.17, 15) is 14.7 Å². The molecule has 3 rings (SSSR count). The van der Waals surface area contributed by atoms with Crippen LogP contribution in [0.5, 0.6) is 0 Å². The SMILES string of the molecule is CCN(CC)CCN1C(=O)C(O)=C(C(=O)c2sc(C)nc2C)[C@@H]1c1ccc(C(C)C)cc1. The third-order valence-electron chi connectivity index (χ3n) is 6.13. The molecule has 0 saturated heterocycles. The topological polar surface area (TPSA) is 73.7 Å². The highest BCUT2D eigenvalue weighted by atomic mass is 32.1. The van der Waals surface area contributed by atoms with Crippen LogP contribution in [0.15, 0.2) is 35.6 Å². The van der Waals surface area contributed by atoms with E-state index in [4.69, 9.17) is 0 Å². The number of thiazole rings is 1. The van der Waals surface area contributed by atoms with Crippen LogP contribution in [0.3, 0.4) is 0 Å². The third-order valence-corrected chi connectivity index (χ3v) is 7.20. The third kappa shape index (κ3) is 4.64. The van der Waals surface area contributed by atoms with Crippen LogP contribution >= 0.6 is 11.3 Å². The molecule has 0 radical (unpaired) electrons. The van der Waals surface area contributed by atoms with Gasteiger partial charge >= 0.3 is 0 Å². The molecule has 1 N–H and O–H groups in total. The van der Waals surface area contributed by atoms with Gasteiger partial charge in [-0.25, -0.2) is 4.98 Å². The summed E-state index contributed by atoms with van der Waals surface area (Å²) in [6.07, 6.45) is 0. The van der Waals surface area contributed by atoms with Gasteiger partial charge in [-0.3, -0.25) is 9.59 Å². The summed E-state index contributed by atoms with van der Waals surface area (Å²) in [5.74, 6) is -0.876.